The number of ketones is 1. The average Bonchev–Trinajstić information content (AvgIpc) is 3.08. The van der Waals surface area contributed by atoms with E-state index in [0.717, 1.165) is 11.5 Å². The fourth-order valence-corrected chi connectivity index (χ4v) is 3.38. The molecule has 3 nitrogen and oxygen atoms in total. The van der Waals surface area contributed by atoms with Crippen molar-refractivity contribution in [2.24, 2.45) is 5.92 Å². The molecule has 0 N–H and O–H groups in total. The molecule has 2 rings (SSSR count). The van der Waals surface area contributed by atoms with Crippen molar-refractivity contribution in [3.63, 3.8) is 0 Å². The molecule has 1 unspecified atom stereocenters. The number of Topliss-reactive ketones (excluding diaryl/α,β-unsaturated/α-hetero) is 1. The minimum atomic E-state index is -0.770. The molecular weight excluding hydrogens is 306 g/mol. The van der Waals surface area contributed by atoms with Crippen LogP contribution in [-0.4, -0.2) is 30.8 Å². The zero-order valence-electron chi connectivity index (χ0n) is 14.0. The Morgan fingerprint density at radius 1 is 1.35 bits per heavy atom. The fraction of sp³-hybridized carbons (Fsp3) is 0.579. The number of thioether (sulfide) groups is 1. The van der Waals surface area contributed by atoms with E-state index in [0.29, 0.717) is 18.1 Å². The number of ether oxygens (including phenoxy) is 1. The van der Waals surface area contributed by atoms with E-state index in [4.69, 9.17) is 11.3 Å². The Balaban J connectivity index is 1.87. The van der Waals surface area contributed by atoms with Gasteiger partial charge in [-0.05, 0) is 37.1 Å². The van der Waals surface area contributed by atoms with Crippen LogP contribution >= 0.6 is 11.8 Å². The van der Waals surface area contributed by atoms with Gasteiger partial charge in [0.05, 0.1) is 6.42 Å². The first kappa shape index (κ1) is 18.0. The first-order valence-corrected chi connectivity index (χ1v) is 9.42. The third-order valence-corrected chi connectivity index (χ3v) is 5.21. The number of benzene rings is 1. The van der Waals surface area contributed by atoms with Crippen LogP contribution in [0.15, 0.2) is 29.2 Å². The van der Waals surface area contributed by atoms with E-state index in [2.05, 4.69) is 4.85 Å². The molecule has 0 radical (unpaired) electrons. The summed E-state index contributed by atoms with van der Waals surface area (Å²) in [5.74, 6) is 0.653. The number of hydrogen-bond donors (Lipinski definition) is 0. The monoisotopic (exact) mass is 331 g/mol. The third-order valence-electron chi connectivity index (χ3n) is 4.46. The van der Waals surface area contributed by atoms with Crippen molar-refractivity contribution < 1.29 is 9.53 Å². The summed E-state index contributed by atoms with van der Waals surface area (Å²) < 4.78 is 5.78. The maximum Gasteiger partial charge on any atom is 0.259 e. The Morgan fingerprint density at radius 3 is 2.57 bits per heavy atom. The summed E-state index contributed by atoms with van der Waals surface area (Å²) in [6.07, 6.45) is 7.26. The second kappa shape index (κ2) is 8.52. The van der Waals surface area contributed by atoms with Gasteiger partial charge in [0, 0.05) is 24.0 Å². The van der Waals surface area contributed by atoms with Gasteiger partial charge in [0.25, 0.3) is 5.54 Å². The summed E-state index contributed by atoms with van der Waals surface area (Å²) in [7, 11) is 0. The number of carbonyl (C=O) groups is 1. The normalized spacial score (nSPS) is 17.6. The Labute approximate surface area is 143 Å². The Morgan fingerprint density at radius 2 is 2.00 bits per heavy atom. The van der Waals surface area contributed by atoms with Gasteiger partial charge in [0.1, 0.15) is 6.61 Å². The van der Waals surface area contributed by atoms with Crippen LogP contribution in [0, 0.1) is 12.5 Å². The van der Waals surface area contributed by atoms with Crippen LogP contribution in [-0.2, 0) is 4.74 Å². The van der Waals surface area contributed by atoms with Crippen LogP contribution in [0.5, 0.6) is 0 Å². The third kappa shape index (κ3) is 5.37. The van der Waals surface area contributed by atoms with Gasteiger partial charge >= 0.3 is 0 Å². The second-order valence-electron chi connectivity index (χ2n) is 6.60. The van der Waals surface area contributed by atoms with Crippen molar-refractivity contribution >= 4 is 17.5 Å². The van der Waals surface area contributed by atoms with Crippen molar-refractivity contribution in [1.29, 1.82) is 0 Å². The second-order valence-corrected chi connectivity index (χ2v) is 7.48. The van der Waals surface area contributed by atoms with Gasteiger partial charge < -0.3 is 9.58 Å². The first-order valence-electron chi connectivity index (χ1n) is 8.20. The summed E-state index contributed by atoms with van der Waals surface area (Å²) in [5.41, 5.74) is -0.0955. The van der Waals surface area contributed by atoms with Crippen molar-refractivity contribution in [2.75, 3.05) is 19.5 Å². The highest BCUT2D eigenvalue weighted by molar-refractivity contribution is 7.98. The highest BCUT2D eigenvalue weighted by atomic mass is 32.2. The average molecular weight is 331 g/mol. The van der Waals surface area contributed by atoms with Gasteiger partial charge in [-0.15, -0.1) is 11.8 Å². The fourth-order valence-electron chi connectivity index (χ4n) is 2.97. The number of rotatable bonds is 8. The van der Waals surface area contributed by atoms with Crippen LogP contribution in [0.1, 0.15) is 49.4 Å². The summed E-state index contributed by atoms with van der Waals surface area (Å²) in [6.45, 7) is 10.3. The van der Waals surface area contributed by atoms with Gasteiger partial charge in [-0.25, -0.2) is 6.57 Å². The van der Waals surface area contributed by atoms with Crippen LogP contribution < -0.4 is 0 Å². The molecule has 1 saturated carbocycles. The summed E-state index contributed by atoms with van der Waals surface area (Å²) in [4.78, 5) is 17.2. The van der Waals surface area contributed by atoms with E-state index in [1.54, 1.807) is 11.8 Å². The highest BCUT2D eigenvalue weighted by Gasteiger charge is 2.34. The van der Waals surface area contributed by atoms with E-state index in [9.17, 15) is 4.79 Å². The molecule has 0 spiro atoms. The van der Waals surface area contributed by atoms with Gasteiger partial charge in [0.2, 0.25) is 0 Å². The maximum absolute atomic E-state index is 12.4. The van der Waals surface area contributed by atoms with Crippen LogP contribution in [0.3, 0.4) is 0 Å². The molecule has 1 fully saturated rings. The predicted octanol–water partition coefficient (Wildman–Crippen LogP) is 4.87. The van der Waals surface area contributed by atoms with Crippen LogP contribution in [0.4, 0.5) is 0 Å². The molecule has 4 heteroatoms. The molecule has 1 aromatic rings. The van der Waals surface area contributed by atoms with E-state index >= 15 is 0 Å². The minimum Gasteiger partial charge on any atom is -0.373 e. The maximum atomic E-state index is 12.4. The molecule has 23 heavy (non-hydrogen) atoms. The quantitative estimate of drug-likeness (QED) is 0.387. The van der Waals surface area contributed by atoms with Gasteiger partial charge in [0.15, 0.2) is 5.78 Å². The van der Waals surface area contributed by atoms with Crippen molar-refractivity contribution in [1.82, 2.24) is 0 Å². The summed E-state index contributed by atoms with van der Waals surface area (Å²) in [6, 6.07) is 7.59. The topological polar surface area (TPSA) is 30.7 Å². The van der Waals surface area contributed by atoms with Crippen LogP contribution in [0.25, 0.3) is 4.85 Å². The number of carbonyl (C=O) groups excluding carboxylic acids is 1. The first-order chi connectivity index (χ1) is 11.1. The van der Waals surface area contributed by atoms with Gasteiger partial charge in [-0.1, -0.05) is 25.0 Å². The lowest BCUT2D eigenvalue weighted by Gasteiger charge is -2.18. The van der Waals surface area contributed by atoms with E-state index in [-0.39, 0.29) is 12.2 Å². The summed E-state index contributed by atoms with van der Waals surface area (Å²) in [5, 5.41) is 0. The summed E-state index contributed by atoms with van der Waals surface area (Å²) >= 11 is 1.65. The lowest BCUT2D eigenvalue weighted by atomic mass is 9.94. The largest absolute Gasteiger partial charge is 0.373 e. The molecule has 0 amide bonds. The zero-order valence-corrected chi connectivity index (χ0v) is 14.8. The van der Waals surface area contributed by atoms with Crippen LogP contribution in [0.2, 0.25) is 0 Å². The smallest absolute Gasteiger partial charge is 0.259 e. The molecule has 1 aliphatic carbocycles. The zero-order chi connectivity index (χ0) is 16.7. The SMILES string of the molecule is [C-]#[N+]C(C)(COCC1CCCC1)CC(=O)c1ccc(SC)cc1. The molecule has 0 saturated heterocycles. The van der Waals surface area contributed by atoms with Crippen molar-refractivity contribution in [3.8, 4) is 0 Å². The Kier molecular flexibility index (Phi) is 6.68. The minimum absolute atomic E-state index is 0.0145. The highest BCUT2D eigenvalue weighted by Crippen LogP contribution is 2.26. The van der Waals surface area contributed by atoms with E-state index < -0.39 is 5.54 Å². The molecule has 124 valence electrons. The predicted molar refractivity (Wildman–Crippen MR) is 95.0 cm³/mol. The Bertz CT molecular complexity index is 558. The molecule has 0 bridgehead atoms. The van der Waals surface area contributed by atoms with Gasteiger partial charge in [-0.2, -0.15) is 0 Å². The number of nitrogens with zero attached hydrogens (tertiary/aromatic N) is 1. The molecule has 1 atom stereocenters. The van der Waals surface area contributed by atoms with E-state index in [1.807, 2.05) is 37.4 Å². The molecule has 0 aliphatic heterocycles. The standard InChI is InChI=1S/C19H25NO2S/c1-19(20-2,14-22-13-15-6-4-5-7-15)12-18(21)16-8-10-17(23-3)11-9-16/h8-11,15H,4-7,12-14H2,1,3H3. The molecule has 0 heterocycles. The Hall–Kier alpha value is -1.31. The molecule has 1 aliphatic rings. The van der Waals surface area contributed by atoms with E-state index in [1.165, 1.54) is 25.7 Å². The lowest BCUT2D eigenvalue weighted by molar-refractivity contribution is 0.0683. The molecule has 1 aromatic carbocycles. The van der Waals surface area contributed by atoms with Gasteiger partial charge in [-0.3, -0.25) is 4.79 Å². The molecule has 0 aromatic heterocycles. The lowest BCUT2D eigenvalue weighted by Crippen LogP contribution is -2.31. The van der Waals surface area contributed by atoms with Crippen molar-refractivity contribution in [3.05, 3.63) is 41.2 Å². The van der Waals surface area contributed by atoms with Crippen molar-refractivity contribution in [2.45, 2.75) is 49.5 Å². The molecular formula is C19H25NO2S. The number of hydrogen-bond acceptors (Lipinski definition) is 3.